The fourth-order valence-corrected chi connectivity index (χ4v) is 8.73. The van der Waals surface area contributed by atoms with Crippen molar-refractivity contribution in [2.45, 2.75) is 55.6 Å². The highest BCUT2D eigenvalue weighted by Crippen LogP contribution is 2.41. The van der Waals surface area contributed by atoms with E-state index < -0.39 is 23.0 Å². The van der Waals surface area contributed by atoms with Gasteiger partial charge in [-0.2, -0.15) is 0 Å². The van der Waals surface area contributed by atoms with Gasteiger partial charge in [0.1, 0.15) is 21.7 Å². The van der Waals surface area contributed by atoms with Gasteiger partial charge in [0.2, 0.25) is 5.91 Å². The van der Waals surface area contributed by atoms with Gasteiger partial charge < -0.3 is 25.4 Å². The van der Waals surface area contributed by atoms with Crippen LogP contribution >= 0.6 is 23.1 Å². The number of carbonyl (C=O) groups excluding carboxylic acids is 4. The molecule has 0 radical (unpaired) electrons. The van der Waals surface area contributed by atoms with Gasteiger partial charge in [-0.05, 0) is 86.2 Å². The Labute approximate surface area is 329 Å². The molecule has 1 unspecified atom stereocenters. The number of benzene rings is 4. The van der Waals surface area contributed by atoms with Crippen LogP contribution in [0.5, 0.6) is 5.75 Å². The van der Waals surface area contributed by atoms with Crippen molar-refractivity contribution < 1.29 is 28.7 Å². The average Bonchev–Trinajstić information content (AvgIpc) is 3.52. The fraction of sp³-hybridized carbons (Fsp3) is 0.227. The minimum atomic E-state index is -0.696. The molecule has 9 nitrogen and oxygen atoms in total. The second-order valence-electron chi connectivity index (χ2n) is 12.8. The molecule has 1 aliphatic rings. The molecule has 3 N–H and O–H groups in total. The number of ether oxygens (including phenoxy) is 2. The number of esters is 1. The van der Waals surface area contributed by atoms with Gasteiger partial charge in [-0.15, -0.1) is 23.1 Å². The van der Waals surface area contributed by atoms with Gasteiger partial charge >= 0.3 is 5.97 Å². The van der Waals surface area contributed by atoms with Gasteiger partial charge in [-0.3, -0.25) is 14.4 Å². The largest absolute Gasteiger partial charge is 0.496 e. The zero-order valence-electron chi connectivity index (χ0n) is 30.8. The molecular formula is C44H43N3O6S2. The van der Waals surface area contributed by atoms with Crippen LogP contribution in [0.1, 0.15) is 80.1 Å². The van der Waals surface area contributed by atoms with E-state index in [1.165, 1.54) is 30.2 Å². The molecule has 1 atom stereocenters. The number of thiophene rings is 1. The number of methoxy groups -OCH3 is 1. The molecule has 0 saturated carbocycles. The molecule has 0 spiro atoms. The Hall–Kier alpha value is -5.65. The van der Waals surface area contributed by atoms with Crippen molar-refractivity contribution in [1.29, 1.82) is 0 Å². The normalized spacial score (nSPS) is 13.3. The molecule has 55 heavy (non-hydrogen) atoms. The minimum Gasteiger partial charge on any atom is -0.496 e. The third kappa shape index (κ3) is 10.1. The Morgan fingerprint density at radius 3 is 2.27 bits per heavy atom. The van der Waals surface area contributed by atoms with Crippen LogP contribution in [0, 0.1) is 0 Å². The Balaban J connectivity index is 1.26. The van der Waals surface area contributed by atoms with E-state index in [9.17, 15) is 19.2 Å². The molecule has 1 heterocycles. The zero-order valence-corrected chi connectivity index (χ0v) is 32.4. The number of aryl methyl sites for hydroxylation is 1. The molecule has 6 rings (SSSR count). The van der Waals surface area contributed by atoms with Gasteiger partial charge in [0.05, 0.1) is 19.3 Å². The lowest BCUT2D eigenvalue weighted by Crippen LogP contribution is -2.30. The summed E-state index contributed by atoms with van der Waals surface area (Å²) in [5.74, 6) is -1.15. The standard InChI is InChI=1S/C44H43N3O6S2/c1-3-53-44(51)38-34-24-12-4-5-13-26-37(34)55-43(38)47-42(50)39(29-17-8-6-9-18-29)54-33-23-16-22-32(28-33)45-41(49)35(27-31-21-14-15-25-36(31)52-2)46-40(48)30-19-10-7-11-20-30/h6-11,14-23,25,27-28,39H,3-5,12-13,24,26H2,1-2H3,(H,45,49)(H,46,48)(H,47,50)/b35-27+. The predicted octanol–water partition coefficient (Wildman–Crippen LogP) is 9.47. The first-order valence-electron chi connectivity index (χ1n) is 18.3. The highest BCUT2D eigenvalue weighted by Gasteiger charge is 2.29. The molecule has 5 aromatic rings. The molecule has 4 aromatic carbocycles. The second-order valence-corrected chi connectivity index (χ2v) is 15.1. The van der Waals surface area contributed by atoms with Gasteiger partial charge in [0.25, 0.3) is 11.8 Å². The van der Waals surface area contributed by atoms with Crippen LogP contribution in [-0.2, 0) is 27.2 Å². The number of thioether (sulfide) groups is 1. The number of rotatable bonds is 13. The molecular weight excluding hydrogens is 731 g/mol. The van der Waals surface area contributed by atoms with Crippen molar-refractivity contribution in [1.82, 2.24) is 5.32 Å². The summed E-state index contributed by atoms with van der Waals surface area (Å²) in [4.78, 5) is 56.5. The van der Waals surface area contributed by atoms with E-state index >= 15 is 0 Å². The zero-order chi connectivity index (χ0) is 38.6. The van der Waals surface area contributed by atoms with E-state index in [1.807, 2.05) is 54.6 Å². The lowest BCUT2D eigenvalue weighted by molar-refractivity contribution is -0.116. The number of carbonyl (C=O) groups is 4. The number of hydrogen-bond donors (Lipinski definition) is 3. The molecule has 3 amide bonds. The van der Waals surface area contributed by atoms with Crippen LogP contribution in [0.2, 0.25) is 0 Å². The summed E-state index contributed by atoms with van der Waals surface area (Å²) < 4.78 is 11.0. The van der Waals surface area contributed by atoms with Gasteiger partial charge in [0, 0.05) is 26.6 Å². The first-order chi connectivity index (χ1) is 26.8. The number of para-hydroxylation sites is 1. The SMILES string of the molecule is CCOC(=O)c1c(NC(=O)C(Sc2cccc(NC(=O)/C(=C\c3ccccc3OC)NC(=O)c3ccccc3)c2)c2ccccc2)sc2c1CCCCCC2. The van der Waals surface area contributed by atoms with Crippen molar-refractivity contribution in [3.8, 4) is 5.75 Å². The maximum atomic E-state index is 14.3. The monoisotopic (exact) mass is 773 g/mol. The lowest BCUT2D eigenvalue weighted by atomic mass is 9.96. The van der Waals surface area contributed by atoms with E-state index in [4.69, 9.17) is 9.47 Å². The van der Waals surface area contributed by atoms with Crippen LogP contribution in [0.15, 0.2) is 120 Å². The van der Waals surface area contributed by atoms with Crippen LogP contribution in [0.3, 0.4) is 0 Å². The van der Waals surface area contributed by atoms with Gasteiger partial charge in [-0.1, -0.05) is 85.6 Å². The summed E-state index contributed by atoms with van der Waals surface area (Å²) in [6.45, 7) is 2.02. The number of anilines is 2. The highest BCUT2D eigenvalue weighted by atomic mass is 32.2. The summed E-state index contributed by atoms with van der Waals surface area (Å²) in [7, 11) is 1.54. The van der Waals surface area contributed by atoms with E-state index in [0.717, 1.165) is 59.4 Å². The van der Waals surface area contributed by atoms with Crippen molar-refractivity contribution in [2.24, 2.45) is 0 Å². The quantitative estimate of drug-likeness (QED) is 0.0619. The van der Waals surface area contributed by atoms with Crippen molar-refractivity contribution >= 4 is 63.6 Å². The third-order valence-electron chi connectivity index (χ3n) is 9.04. The highest BCUT2D eigenvalue weighted by molar-refractivity contribution is 8.00. The summed E-state index contributed by atoms with van der Waals surface area (Å²) in [5.41, 5.74) is 3.71. The Morgan fingerprint density at radius 1 is 0.818 bits per heavy atom. The summed E-state index contributed by atoms with van der Waals surface area (Å²) in [6.07, 6.45) is 7.47. The fourth-order valence-electron chi connectivity index (χ4n) is 6.37. The number of nitrogens with one attached hydrogen (secondary N) is 3. The third-order valence-corrected chi connectivity index (χ3v) is 11.5. The molecule has 1 aromatic heterocycles. The average molecular weight is 774 g/mol. The van der Waals surface area contributed by atoms with Gasteiger partial charge in [0.15, 0.2) is 0 Å². The summed E-state index contributed by atoms with van der Waals surface area (Å²) >= 11 is 2.80. The maximum Gasteiger partial charge on any atom is 0.341 e. The van der Waals surface area contributed by atoms with Crippen molar-refractivity contribution in [3.63, 3.8) is 0 Å². The Kier molecular flexibility index (Phi) is 13.6. The molecule has 0 aliphatic heterocycles. The minimum absolute atomic E-state index is 0.0143. The predicted molar refractivity (Wildman–Crippen MR) is 220 cm³/mol. The molecule has 282 valence electrons. The van der Waals surface area contributed by atoms with Crippen LogP contribution in [-0.4, -0.2) is 37.4 Å². The van der Waals surface area contributed by atoms with Crippen LogP contribution in [0.25, 0.3) is 6.08 Å². The van der Waals surface area contributed by atoms with Gasteiger partial charge in [-0.25, -0.2) is 4.79 Å². The molecule has 0 fully saturated rings. The van der Waals surface area contributed by atoms with E-state index in [-0.39, 0.29) is 18.2 Å². The van der Waals surface area contributed by atoms with Crippen LogP contribution < -0.4 is 20.7 Å². The number of amides is 3. The first-order valence-corrected chi connectivity index (χ1v) is 20.0. The first kappa shape index (κ1) is 39.1. The Morgan fingerprint density at radius 2 is 1.53 bits per heavy atom. The van der Waals surface area contributed by atoms with Crippen molar-refractivity contribution in [3.05, 3.63) is 148 Å². The summed E-state index contributed by atoms with van der Waals surface area (Å²) in [5, 5.41) is 8.64. The van der Waals surface area contributed by atoms with E-state index in [0.29, 0.717) is 33.1 Å². The molecule has 1 aliphatic carbocycles. The van der Waals surface area contributed by atoms with E-state index in [1.54, 1.807) is 67.6 Å². The number of fused-ring (bicyclic) bond motifs is 1. The smallest absolute Gasteiger partial charge is 0.341 e. The molecule has 0 bridgehead atoms. The summed E-state index contributed by atoms with van der Waals surface area (Å²) in [6, 6.07) is 32.5. The van der Waals surface area contributed by atoms with E-state index in [2.05, 4.69) is 16.0 Å². The number of hydrogen-bond acceptors (Lipinski definition) is 8. The topological polar surface area (TPSA) is 123 Å². The lowest BCUT2D eigenvalue weighted by Gasteiger charge is -2.18. The Bertz CT molecular complexity index is 2170. The molecule has 11 heteroatoms. The maximum absolute atomic E-state index is 14.3. The van der Waals surface area contributed by atoms with Crippen LogP contribution in [0.4, 0.5) is 10.7 Å². The second kappa shape index (κ2) is 19.1. The molecule has 0 saturated heterocycles. The van der Waals surface area contributed by atoms with Crippen molar-refractivity contribution in [2.75, 3.05) is 24.4 Å².